The van der Waals surface area contributed by atoms with E-state index in [1.807, 2.05) is 34.8 Å². The molecule has 0 spiro atoms. The van der Waals surface area contributed by atoms with Gasteiger partial charge in [-0.05, 0) is 30.9 Å². The van der Waals surface area contributed by atoms with Crippen LogP contribution in [0.25, 0.3) is 0 Å². The fourth-order valence-electron chi connectivity index (χ4n) is 3.40. The highest BCUT2D eigenvalue weighted by Gasteiger charge is 2.34. The van der Waals surface area contributed by atoms with Crippen molar-refractivity contribution >= 4 is 17.7 Å². The lowest BCUT2D eigenvalue weighted by Crippen LogP contribution is -2.47. The van der Waals surface area contributed by atoms with E-state index in [4.69, 9.17) is 9.47 Å². The second-order valence-electron chi connectivity index (χ2n) is 6.34. The number of carboxylic acid groups (broad SMARTS) is 1. The van der Waals surface area contributed by atoms with Gasteiger partial charge < -0.3 is 19.1 Å². The highest BCUT2D eigenvalue weighted by atomic mass is 32.2. The lowest BCUT2D eigenvalue weighted by atomic mass is 10.1. The summed E-state index contributed by atoms with van der Waals surface area (Å²) >= 11 is 1.61. The zero-order valence-electron chi connectivity index (χ0n) is 14.6. The van der Waals surface area contributed by atoms with Crippen LogP contribution in [0.2, 0.25) is 0 Å². The first-order valence-electron chi connectivity index (χ1n) is 8.39. The third-order valence-electron chi connectivity index (χ3n) is 4.76. The molecule has 138 valence electrons. The van der Waals surface area contributed by atoms with E-state index >= 15 is 0 Å². The van der Waals surface area contributed by atoms with Crippen molar-refractivity contribution in [1.82, 2.24) is 19.7 Å². The van der Waals surface area contributed by atoms with E-state index in [1.165, 1.54) is 0 Å². The van der Waals surface area contributed by atoms with Gasteiger partial charge in [-0.15, -0.1) is 22.0 Å². The van der Waals surface area contributed by atoms with Crippen molar-refractivity contribution in [3.63, 3.8) is 0 Å². The average molecular weight is 376 g/mol. The van der Waals surface area contributed by atoms with Gasteiger partial charge >= 0.3 is 5.97 Å². The predicted molar refractivity (Wildman–Crippen MR) is 94.6 cm³/mol. The van der Waals surface area contributed by atoms with Crippen molar-refractivity contribution in [2.24, 2.45) is 0 Å². The summed E-state index contributed by atoms with van der Waals surface area (Å²) in [6.45, 7) is 4.20. The van der Waals surface area contributed by atoms with Crippen LogP contribution in [0, 0.1) is 6.92 Å². The summed E-state index contributed by atoms with van der Waals surface area (Å²) < 4.78 is 13.2. The van der Waals surface area contributed by atoms with E-state index < -0.39 is 12.0 Å². The molecule has 0 saturated carbocycles. The Hall–Kier alpha value is -2.26. The monoisotopic (exact) mass is 376 g/mol. The molecule has 0 radical (unpaired) electrons. The number of ether oxygens (including phenoxy) is 2. The standard InChI is InChI=1S/C17H20N4O4S/c1-10-18-19-16-9-20(12(17(22)23)8-21(10)16)7-11-5-13-14(6-15(11)26-2)25-4-3-24-13/h5-6,12H,3-4,7-9H2,1-2H3,(H,22,23). The van der Waals surface area contributed by atoms with Crippen LogP contribution in [0.1, 0.15) is 17.2 Å². The summed E-state index contributed by atoms with van der Waals surface area (Å²) in [5.41, 5.74) is 1.03. The van der Waals surface area contributed by atoms with Crippen molar-refractivity contribution < 1.29 is 19.4 Å². The number of benzene rings is 1. The zero-order valence-corrected chi connectivity index (χ0v) is 15.5. The Kier molecular flexibility index (Phi) is 4.49. The number of carbonyl (C=O) groups is 1. The molecule has 0 fully saturated rings. The van der Waals surface area contributed by atoms with E-state index in [2.05, 4.69) is 10.2 Å². The van der Waals surface area contributed by atoms with Crippen molar-refractivity contribution in [2.75, 3.05) is 19.5 Å². The van der Waals surface area contributed by atoms with Crippen LogP contribution in [-0.2, 0) is 24.4 Å². The second kappa shape index (κ2) is 6.81. The van der Waals surface area contributed by atoms with Gasteiger partial charge in [0.15, 0.2) is 11.5 Å². The largest absolute Gasteiger partial charge is 0.486 e. The highest BCUT2D eigenvalue weighted by Crippen LogP contribution is 2.37. The molecular weight excluding hydrogens is 356 g/mol. The van der Waals surface area contributed by atoms with Crippen molar-refractivity contribution in [3.8, 4) is 11.5 Å². The predicted octanol–water partition coefficient (Wildman–Crippen LogP) is 1.55. The number of rotatable bonds is 4. The first-order valence-corrected chi connectivity index (χ1v) is 9.61. The molecule has 0 bridgehead atoms. The second-order valence-corrected chi connectivity index (χ2v) is 7.19. The van der Waals surface area contributed by atoms with Crippen molar-refractivity contribution in [3.05, 3.63) is 29.3 Å². The van der Waals surface area contributed by atoms with Crippen LogP contribution >= 0.6 is 11.8 Å². The minimum Gasteiger partial charge on any atom is -0.486 e. The first-order chi connectivity index (χ1) is 12.6. The van der Waals surface area contributed by atoms with Gasteiger partial charge in [-0.2, -0.15) is 0 Å². The molecule has 26 heavy (non-hydrogen) atoms. The Balaban J connectivity index is 1.66. The summed E-state index contributed by atoms with van der Waals surface area (Å²) in [6, 6.07) is 3.31. The summed E-state index contributed by atoms with van der Waals surface area (Å²) in [5, 5.41) is 18.0. The van der Waals surface area contributed by atoms with Crippen LogP contribution < -0.4 is 9.47 Å². The van der Waals surface area contributed by atoms with E-state index in [0.717, 1.165) is 27.9 Å². The number of hydrogen-bond donors (Lipinski definition) is 1. The zero-order chi connectivity index (χ0) is 18.3. The van der Waals surface area contributed by atoms with Gasteiger partial charge in [-0.25, -0.2) is 0 Å². The average Bonchev–Trinajstić information content (AvgIpc) is 3.00. The molecule has 2 aromatic rings. The maximum atomic E-state index is 11.8. The summed E-state index contributed by atoms with van der Waals surface area (Å²) in [6.07, 6.45) is 2.00. The SMILES string of the molecule is CSc1cc2c(cc1CN1Cc3nnc(C)n3CC1C(=O)O)OCCO2. The number of thioether (sulfide) groups is 1. The number of carboxylic acids is 1. The van der Waals surface area contributed by atoms with Crippen LogP contribution in [0.3, 0.4) is 0 Å². The molecular formula is C17H20N4O4S. The van der Waals surface area contributed by atoms with E-state index in [0.29, 0.717) is 38.6 Å². The maximum Gasteiger partial charge on any atom is 0.322 e. The van der Waals surface area contributed by atoms with Gasteiger partial charge in [-0.3, -0.25) is 9.69 Å². The van der Waals surface area contributed by atoms with Crippen molar-refractivity contribution in [1.29, 1.82) is 0 Å². The van der Waals surface area contributed by atoms with Gasteiger partial charge in [0.25, 0.3) is 0 Å². The Morgan fingerprint density at radius 2 is 2.04 bits per heavy atom. The number of aryl methyl sites for hydroxylation is 1. The third-order valence-corrected chi connectivity index (χ3v) is 5.58. The van der Waals surface area contributed by atoms with E-state index in [-0.39, 0.29) is 0 Å². The topological polar surface area (TPSA) is 89.7 Å². The van der Waals surface area contributed by atoms with Gasteiger partial charge in [0, 0.05) is 11.4 Å². The van der Waals surface area contributed by atoms with Gasteiger partial charge in [0.05, 0.1) is 13.1 Å². The molecule has 0 aliphatic carbocycles. The molecule has 3 heterocycles. The molecule has 4 rings (SSSR count). The molecule has 0 amide bonds. The van der Waals surface area contributed by atoms with Gasteiger partial charge in [0.2, 0.25) is 0 Å². The Bertz CT molecular complexity index is 854. The number of aromatic nitrogens is 3. The molecule has 1 unspecified atom stereocenters. The van der Waals surface area contributed by atoms with E-state index in [1.54, 1.807) is 11.8 Å². The highest BCUT2D eigenvalue weighted by molar-refractivity contribution is 7.98. The van der Waals surface area contributed by atoms with Crippen LogP contribution in [-0.4, -0.2) is 56.3 Å². The maximum absolute atomic E-state index is 11.8. The third kappa shape index (κ3) is 3.01. The first kappa shape index (κ1) is 17.2. The molecule has 2 aliphatic rings. The molecule has 1 N–H and O–H groups in total. The molecule has 1 aromatic heterocycles. The van der Waals surface area contributed by atoms with E-state index in [9.17, 15) is 9.90 Å². The fourth-order valence-corrected chi connectivity index (χ4v) is 4.02. The minimum atomic E-state index is -0.841. The number of aliphatic carboxylic acids is 1. The van der Waals surface area contributed by atoms with Crippen LogP contribution in [0.4, 0.5) is 0 Å². The minimum absolute atomic E-state index is 0.350. The summed E-state index contributed by atoms with van der Waals surface area (Å²) in [4.78, 5) is 14.8. The van der Waals surface area contributed by atoms with Crippen LogP contribution in [0.15, 0.2) is 17.0 Å². The lowest BCUT2D eigenvalue weighted by Gasteiger charge is -2.34. The van der Waals surface area contributed by atoms with Gasteiger partial charge in [0.1, 0.15) is 30.9 Å². The Morgan fingerprint density at radius 3 is 2.73 bits per heavy atom. The molecule has 1 atom stereocenters. The lowest BCUT2D eigenvalue weighted by molar-refractivity contribution is -0.145. The molecule has 8 nitrogen and oxygen atoms in total. The summed E-state index contributed by atoms with van der Waals surface area (Å²) in [7, 11) is 0. The number of nitrogens with zero attached hydrogens (tertiary/aromatic N) is 4. The smallest absolute Gasteiger partial charge is 0.322 e. The fraction of sp³-hybridized carbons (Fsp3) is 0.471. The quantitative estimate of drug-likeness (QED) is 0.804. The normalized spacial score (nSPS) is 19.2. The molecule has 0 saturated heterocycles. The number of fused-ring (bicyclic) bond motifs is 2. The Labute approximate surface area is 155 Å². The Morgan fingerprint density at radius 1 is 1.31 bits per heavy atom. The van der Waals surface area contributed by atoms with Crippen molar-refractivity contribution in [2.45, 2.75) is 37.5 Å². The molecule has 1 aromatic carbocycles. The van der Waals surface area contributed by atoms with Gasteiger partial charge in [-0.1, -0.05) is 0 Å². The van der Waals surface area contributed by atoms with Crippen LogP contribution in [0.5, 0.6) is 11.5 Å². The molecule has 9 heteroatoms. The molecule has 2 aliphatic heterocycles. The summed E-state index contributed by atoms with van der Waals surface area (Å²) in [5.74, 6) is 2.16. The number of hydrogen-bond acceptors (Lipinski definition) is 7.